The summed E-state index contributed by atoms with van der Waals surface area (Å²) in [7, 11) is 0. The normalized spacial score (nSPS) is 24.3. The Morgan fingerprint density at radius 3 is 2.79 bits per heavy atom. The van der Waals surface area contributed by atoms with E-state index in [1.54, 1.807) is 0 Å². The van der Waals surface area contributed by atoms with Gasteiger partial charge in [-0.15, -0.1) is 0 Å². The third-order valence-electron chi connectivity index (χ3n) is 4.50. The van der Waals surface area contributed by atoms with E-state index in [2.05, 4.69) is 16.5 Å². The van der Waals surface area contributed by atoms with E-state index in [-0.39, 0.29) is 17.4 Å². The SMILES string of the molecule is CC(C)n1ncc2c1NC(=O)[C@H](C#N)C21CCCC1. The summed E-state index contributed by atoms with van der Waals surface area (Å²) in [5, 5.41) is 16.7. The van der Waals surface area contributed by atoms with Crippen LogP contribution in [0.3, 0.4) is 0 Å². The van der Waals surface area contributed by atoms with Gasteiger partial charge >= 0.3 is 0 Å². The Hall–Kier alpha value is -1.83. The highest BCUT2D eigenvalue weighted by Gasteiger charge is 2.52. The van der Waals surface area contributed by atoms with Gasteiger partial charge in [0.2, 0.25) is 5.91 Å². The standard InChI is InChI=1S/C14H18N4O/c1-9(2)18-12-11(8-16-18)14(5-3-4-6-14)10(7-15)13(19)17-12/h8-10H,3-6H2,1-2H3,(H,17,19)/t10-/m0/s1. The molecule has 1 saturated carbocycles. The minimum Gasteiger partial charge on any atom is -0.309 e. The first-order chi connectivity index (χ1) is 9.10. The first-order valence-electron chi connectivity index (χ1n) is 6.88. The van der Waals surface area contributed by atoms with Gasteiger partial charge in [-0.05, 0) is 26.7 Å². The average molecular weight is 258 g/mol. The number of fused-ring (bicyclic) bond motifs is 2. The molecule has 0 unspecified atom stereocenters. The first-order valence-corrected chi connectivity index (χ1v) is 6.88. The molecule has 2 aliphatic rings. The van der Waals surface area contributed by atoms with Gasteiger partial charge < -0.3 is 5.32 Å². The zero-order chi connectivity index (χ0) is 13.6. The fraction of sp³-hybridized carbons (Fsp3) is 0.643. The van der Waals surface area contributed by atoms with Crippen LogP contribution < -0.4 is 5.32 Å². The lowest BCUT2D eigenvalue weighted by molar-refractivity contribution is -0.120. The van der Waals surface area contributed by atoms with E-state index >= 15 is 0 Å². The first kappa shape index (κ1) is 12.2. The van der Waals surface area contributed by atoms with Gasteiger partial charge in [-0.2, -0.15) is 10.4 Å². The van der Waals surface area contributed by atoms with Crippen molar-refractivity contribution in [1.82, 2.24) is 9.78 Å². The van der Waals surface area contributed by atoms with Gasteiger partial charge in [0, 0.05) is 17.0 Å². The minimum absolute atomic E-state index is 0.167. The van der Waals surface area contributed by atoms with Crippen LogP contribution in [0.2, 0.25) is 0 Å². The van der Waals surface area contributed by atoms with Gasteiger partial charge in [0.25, 0.3) is 0 Å². The molecule has 19 heavy (non-hydrogen) atoms. The number of hydrogen-bond donors (Lipinski definition) is 1. The van der Waals surface area contributed by atoms with Gasteiger partial charge in [0.15, 0.2) is 0 Å². The van der Waals surface area contributed by atoms with Crippen molar-refractivity contribution < 1.29 is 4.79 Å². The number of carbonyl (C=O) groups excluding carboxylic acids is 1. The van der Waals surface area contributed by atoms with Crippen molar-refractivity contribution in [1.29, 1.82) is 5.26 Å². The molecule has 1 spiro atoms. The van der Waals surface area contributed by atoms with E-state index < -0.39 is 5.92 Å². The highest BCUT2D eigenvalue weighted by atomic mass is 16.2. The van der Waals surface area contributed by atoms with Crippen LogP contribution in [0, 0.1) is 17.2 Å². The van der Waals surface area contributed by atoms with Gasteiger partial charge in [-0.3, -0.25) is 4.79 Å². The second kappa shape index (κ2) is 4.09. The summed E-state index contributed by atoms with van der Waals surface area (Å²) in [6.45, 7) is 4.08. The molecule has 1 amide bonds. The second-order valence-corrected chi connectivity index (χ2v) is 5.86. The predicted molar refractivity (Wildman–Crippen MR) is 70.5 cm³/mol. The second-order valence-electron chi connectivity index (χ2n) is 5.86. The Morgan fingerprint density at radius 2 is 2.21 bits per heavy atom. The topological polar surface area (TPSA) is 70.7 Å². The van der Waals surface area contributed by atoms with Crippen molar-refractivity contribution in [2.45, 2.75) is 51.0 Å². The van der Waals surface area contributed by atoms with E-state index in [9.17, 15) is 10.1 Å². The summed E-state index contributed by atoms with van der Waals surface area (Å²) in [6.07, 6.45) is 5.84. The van der Waals surface area contributed by atoms with Crippen molar-refractivity contribution >= 4 is 11.7 Å². The molecule has 1 aromatic heterocycles. The molecule has 5 heteroatoms. The summed E-state index contributed by atoms with van der Waals surface area (Å²) in [4.78, 5) is 12.2. The lowest BCUT2D eigenvalue weighted by atomic mass is 9.68. The van der Waals surface area contributed by atoms with Crippen LogP contribution >= 0.6 is 0 Å². The zero-order valence-electron chi connectivity index (χ0n) is 11.3. The number of amides is 1. The Kier molecular flexibility index (Phi) is 2.63. The van der Waals surface area contributed by atoms with E-state index in [0.717, 1.165) is 37.1 Å². The van der Waals surface area contributed by atoms with Crippen LogP contribution in [-0.2, 0) is 10.2 Å². The molecule has 0 aromatic carbocycles. The molecule has 100 valence electrons. The molecule has 1 aliphatic carbocycles. The maximum Gasteiger partial charge on any atom is 0.243 e. The molecule has 1 atom stereocenters. The average Bonchev–Trinajstić information content (AvgIpc) is 2.97. The highest BCUT2D eigenvalue weighted by Crippen LogP contribution is 2.51. The summed E-state index contributed by atoms with van der Waals surface area (Å²) in [5.74, 6) is 0.0556. The molecular weight excluding hydrogens is 240 g/mol. The molecule has 0 radical (unpaired) electrons. The summed E-state index contributed by atoms with van der Waals surface area (Å²) in [5.41, 5.74) is 0.754. The van der Waals surface area contributed by atoms with Crippen LogP contribution in [0.25, 0.3) is 0 Å². The van der Waals surface area contributed by atoms with Crippen LogP contribution in [0.1, 0.15) is 51.1 Å². The molecular formula is C14H18N4O. The number of nitrogens with one attached hydrogen (secondary N) is 1. The zero-order valence-corrected chi connectivity index (χ0v) is 11.3. The largest absolute Gasteiger partial charge is 0.309 e. The van der Waals surface area contributed by atoms with E-state index in [0.29, 0.717) is 0 Å². The number of nitrogens with zero attached hydrogens (tertiary/aromatic N) is 3. The maximum atomic E-state index is 12.2. The molecule has 1 fully saturated rings. The quantitative estimate of drug-likeness (QED) is 0.840. The number of hydrogen-bond acceptors (Lipinski definition) is 3. The van der Waals surface area contributed by atoms with Crippen molar-refractivity contribution in [2.24, 2.45) is 5.92 Å². The van der Waals surface area contributed by atoms with Gasteiger partial charge in [-0.1, -0.05) is 12.8 Å². The summed E-state index contributed by atoms with van der Waals surface area (Å²) in [6, 6.07) is 2.41. The van der Waals surface area contributed by atoms with Crippen molar-refractivity contribution in [2.75, 3.05) is 5.32 Å². The summed E-state index contributed by atoms with van der Waals surface area (Å²) >= 11 is 0. The van der Waals surface area contributed by atoms with Crippen LogP contribution in [-0.4, -0.2) is 15.7 Å². The van der Waals surface area contributed by atoms with Crippen molar-refractivity contribution in [3.05, 3.63) is 11.8 Å². The minimum atomic E-state index is -0.577. The number of nitriles is 1. The van der Waals surface area contributed by atoms with E-state index in [4.69, 9.17) is 0 Å². The smallest absolute Gasteiger partial charge is 0.243 e. The van der Waals surface area contributed by atoms with Crippen molar-refractivity contribution in [3.8, 4) is 6.07 Å². The Labute approximate surface area is 112 Å². The number of aromatic nitrogens is 2. The maximum absolute atomic E-state index is 12.2. The van der Waals surface area contributed by atoms with Crippen LogP contribution in [0.15, 0.2) is 6.20 Å². The molecule has 1 N–H and O–H groups in total. The Balaban J connectivity index is 2.19. The van der Waals surface area contributed by atoms with Gasteiger partial charge in [0.05, 0.1) is 12.3 Å². The predicted octanol–water partition coefficient (Wildman–Crippen LogP) is 2.37. The highest BCUT2D eigenvalue weighted by molar-refractivity contribution is 5.98. The number of anilines is 1. The monoisotopic (exact) mass is 258 g/mol. The molecule has 0 bridgehead atoms. The third-order valence-corrected chi connectivity index (χ3v) is 4.50. The molecule has 2 heterocycles. The summed E-state index contributed by atoms with van der Waals surface area (Å²) < 4.78 is 1.85. The van der Waals surface area contributed by atoms with Gasteiger partial charge in [0.1, 0.15) is 11.7 Å². The van der Waals surface area contributed by atoms with Crippen molar-refractivity contribution in [3.63, 3.8) is 0 Å². The van der Waals surface area contributed by atoms with Crippen LogP contribution in [0.4, 0.5) is 5.82 Å². The third kappa shape index (κ3) is 1.52. The van der Waals surface area contributed by atoms with E-state index in [1.807, 2.05) is 24.7 Å². The van der Waals surface area contributed by atoms with Gasteiger partial charge in [-0.25, -0.2) is 4.68 Å². The van der Waals surface area contributed by atoms with Crippen LogP contribution in [0.5, 0.6) is 0 Å². The molecule has 1 aliphatic heterocycles. The lowest BCUT2D eigenvalue weighted by Gasteiger charge is -2.37. The molecule has 0 saturated heterocycles. The fourth-order valence-corrected chi connectivity index (χ4v) is 3.58. The molecule has 1 aromatic rings. The lowest BCUT2D eigenvalue weighted by Crippen LogP contribution is -2.44. The fourth-order valence-electron chi connectivity index (χ4n) is 3.58. The Morgan fingerprint density at radius 1 is 1.53 bits per heavy atom. The molecule has 5 nitrogen and oxygen atoms in total. The Bertz CT molecular complexity index is 560. The van der Waals surface area contributed by atoms with E-state index in [1.165, 1.54) is 0 Å². The molecule has 3 rings (SSSR count). The number of carbonyl (C=O) groups is 1. The number of rotatable bonds is 1.